The first-order chi connectivity index (χ1) is 10.1. The number of rotatable bonds is 1. The van der Waals surface area contributed by atoms with Gasteiger partial charge in [0.25, 0.3) is 5.91 Å². The highest BCUT2D eigenvalue weighted by molar-refractivity contribution is 6.44. The van der Waals surface area contributed by atoms with E-state index in [2.05, 4.69) is 18.1 Å². The first-order valence-corrected chi connectivity index (χ1v) is 7.31. The summed E-state index contributed by atoms with van der Waals surface area (Å²) < 4.78 is 0. The molecule has 0 aliphatic carbocycles. The number of benzene rings is 1. The molecule has 0 saturated carbocycles. The number of amides is 2. The van der Waals surface area contributed by atoms with E-state index in [4.69, 9.17) is 0 Å². The number of hydrogen-bond acceptors (Lipinski definition) is 3. The Bertz CT molecular complexity index is 636. The van der Waals surface area contributed by atoms with E-state index in [9.17, 15) is 9.59 Å². The van der Waals surface area contributed by atoms with E-state index in [1.807, 2.05) is 12.1 Å². The minimum atomic E-state index is -0.0702. The second-order valence-electron chi connectivity index (χ2n) is 5.66. The fourth-order valence-corrected chi connectivity index (χ4v) is 2.92. The highest BCUT2D eigenvalue weighted by atomic mass is 16.2. The second-order valence-corrected chi connectivity index (χ2v) is 5.66. The lowest BCUT2D eigenvalue weighted by Gasteiger charge is -2.31. The normalized spacial score (nSPS) is 18.4. The van der Waals surface area contributed by atoms with Crippen LogP contribution in [0.25, 0.3) is 0 Å². The number of hydrazone groups is 1. The summed E-state index contributed by atoms with van der Waals surface area (Å²) in [4.78, 5) is 26.0. The Morgan fingerprint density at radius 3 is 2.81 bits per heavy atom. The zero-order valence-corrected chi connectivity index (χ0v) is 12.4. The van der Waals surface area contributed by atoms with Crippen LogP contribution in [0.15, 0.2) is 23.3 Å². The molecule has 2 aliphatic heterocycles. The first kappa shape index (κ1) is 13.8. The van der Waals surface area contributed by atoms with Gasteiger partial charge < -0.3 is 4.90 Å². The fourth-order valence-electron chi connectivity index (χ4n) is 2.92. The molecule has 110 valence electrons. The van der Waals surface area contributed by atoms with Gasteiger partial charge in [0.1, 0.15) is 5.71 Å². The Hall–Kier alpha value is -2.17. The van der Waals surface area contributed by atoms with Gasteiger partial charge in [0.05, 0.1) is 0 Å². The zero-order chi connectivity index (χ0) is 15.0. The molecule has 21 heavy (non-hydrogen) atoms. The lowest BCUT2D eigenvalue weighted by Crippen LogP contribution is -2.43. The molecule has 0 bridgehead atoms. The van der Waals surface area contributed by atoms with Gasteiger partial charge in [-0.2, -0.15) is 5.10 Å². The number of nitrogens with zero attached hydrogens (tertiary/aromatic N) is 3. The predicted molar refractivity (Wildman–Crippen MR) is 81.3 cm³/mol. The number of fused-ring (bicyclic) bond motifs is 1. The largest absolute Gasteiger partial charge is 0.307 e. The van der Waals surface area contributed by atoms with Crippen molar-refractivity contribution in [2.24, 2.45) is 5.10 Å². The van der Waals surface area contributed by atoms with Crippen molar-refractivity contribution in [3.05, 3.63) is 29.3 Å². The number of hydrogen-bond donors (Lipinski definition) is 0. The van der Waals surface area contributed by atoms with Crippen LogP contribution >= 0.6 is 0 Å². The standard InChI is InChI=1S/C16H19N3O2/c1-11-5-7-14-12(10-11)4-3-9-19(14)16(21)13-6-8-15(20)18(2)17-13/h5,7,10H,3-4,6,8-9H2,1-2H3. The van der Waals surface area contributed by atoms with Gasteiger partial charge in [-0.25, -0.2) is 5.01 Å². The smallest absolute Gasteiger partial charge is 0.274 e. The third-order valence-corrected chi connectivity index (χ3v) is 4.05. The molecule has 0 radical (unpaired) electrons. The van der Waals surface area contributed by atoms with E-state index in [0.717, 1.165) is 18.5 Å². The highest BCUT2D eigenvalue weighted by Crippen LogP contribution is 2.28. The Balaban J connectivity index is 1.90. The van der Waals surface area contributed by atoms with Crippen LogP contribution in [0.2, 0.25) is 0 Å². The van der Waals surface area contributed by atoms with Crippen LogP contribution in [0.1, 0.15) is 30.4 Å². The van der Waals surface area contributed by atoms with Gasteiger partial charge >= 0.3 is 0 Å². The summed E-state index contributed by atoms with van der Waals surface area (Å²) in [5.41, 5.74) is 3.89. The number of carbonyl (C=O) groups is 2. The molecule has 0 unspecified atom stereocenters. The molecule has 0 atom stereocenters. The van der Waals surface area contributed by atoms with Gasteiger partial charge in [0.2, 0.25) is 5.91 Å². The molecule has 0 aromatic heterocycles. The lowest BCUT2D eigenvalue weighted by atomic mass is 9.98. The average molecular weight is 285 g/mol. The predicted octanol–water partition coefficient (Wildman–Crippen LogP) is 1.88. The molecule has 0 saturated heterocycles. The summed E-state index contributed by atoms with van der Waals surface area (Å²) >= 11 is 0. The molecule has 0 spiro atoms. The molecule has 0 fully saturated rings. The molecular formula is C16H19N3O2. The SMILES string of the molecule is Cc1ccc2c(c1)CCCN2C(=O)C1=NN(C)C(=O)CC1. The van der Waals surface area contributed by atoms with Gasteiger partial charge in [-0.3, -0.25) is 9.59 Å². The molecule has 0 N–H and O–H groups in total. The summed E-state index contributed by atoms with van der Waals surface area (Å²) in [5.74, 6) is -0.111. The van der Waals surface area contributed by atoms with E-state index in [0.29, 0.717) is 25.1 Å². The van der Waals surface area contributed by atoms with Crippen LogP contribution in [-0.2, 0) is 16.0 Å². The van der Waals surface area contributed by atoms with Gasteiger partial charge in [-0.15, -0.1) is 0 Å². The average Bonchev–Trinajstić information content (AvgIpc) is 2.48. The van der Waals surface area contributed by atoms with Crippen molar-refractivity contribution >= 4 is 23.2 Å². The molecule has 2 aliphatic rings. The minimum Gasteiger partial charge on any atom is -0.307 e. The summed E-state index contributed by atoms with van der Waals surface area (Å²) in [7, 11) is 1.60. The third kappa shape index (κ3) is 2.55. The number of carbonyl (C=O) groups excluding carboxylic acids is 2. The monoisotopic (exact) mass is 285 g/mol. The van der Waals surface area contributed by atoms with Gasteiger partial charge in [-0.1, -0.05) is 17.7 Å². The molecular weight excluding hydrogens is 266 g/mol. The van der Waals surface area contributed by atoms with E-state index >= 15 is 0 Å². The van der Waals surface area contributed by atoms with Gasteiger partial charge in [-0.05, 0) is 31.4 Å². The quantitative estimate of drug-likeness (QED) is 0.791. The lowest BCUT2D eigenvalue weighted by molar-refractivity contribution is -0.130. The van der Waals surface area contributed by atoms with Crippen LogP contribution in [0.3, 0.4) is 0 Å². The van der Waals surface area contributed by atoms with Crippen LogP contribution in [0.5, 0.6) is 0 Å². The van der Waals surface area contributed by atoms with Gasteiger partial charge in [0.15, 0.2) is 0 Å². The summed E-state index contributed by atoms with van der Waals surface area (Å²) in [6.07, 6.45) is 2.76. The maximum atomic E-state index is 12.7. The van der Waals surface area contributed by atoms with E-state index in [1.54, 1.807) is 11.9 Å². The molecule has 5 heteroatoms. The maximum absolute atomic E-state index is 12.7. The number of anilines is 1. The third-order valence-electron chi connectivity index (χ3n) is 4.05. The van der Waals surface area contributed by atoms with E-state index < -0.39 is 0 Å². The summed E-state index contributed by atoms with van der Waals surface area (Å²) in [5, 5.41) is 5.41. The zero-order valence-electron chi connectivity index (χ0n) is 12.4. The molecule has 2 heterocycles. The molecule has 2 amide bonds. The van der Waals surface area contributed by atoms with Crippen LogP contribution < -0.4 is 4.90 Å². The minimum absolute atomic E-state index is 0.0405. The summed E-state index contributed by atoms with van der Waals surface area (Å²) in [6, 6.07) is 6.19. The topological polar surface area (TPSA) is 53.0 Å². The van der Waals surface area contributed by atoms with Crippen LogP contribution in [0.4, 0.5) is 5.69 Å². The molecule has 1 aromatic carbocycles. The van der Waals surface area contributed by atoms with Crippen LogP contribution in [0, 0.1) is 6.92 Å². The Kier molecular flexibility index (Phi) is 3.49. The molecule has 1 aromatic rings. The van der Waals surface area contributed by atoms with Crippen molar-refractivity contribution in [2.75, 3.05) is 18.5 Å². The van der Waals surface area contributed by atoms with Crippen molar-refractivity contribution in [3.63, 3.8) is 0 Å². The highest BCUT2D eigenvalue weighted by Gasteiger charge is 2.29. The summed E-state index contributed by atoms with van der Waals surface area (Å²) in [6.45, 7) is 2.78. The van der Waals surface area contributed by atoms with Crippen molar-refractivity contribution in [1.29, 1.82) is 0 Å². The Morgan fingerprint density at radius 2 is 2.05 bits per heavy atom. The molecule has 5 nitrogen and oxygen atoms in total. The van der Waals surface area contributed by atoms with Crippen molar-refractivity contribution in [2.45, 2.75) is 32.6 Å². The Labute approximate surface area is 124 Å². The van der Waals surface area contributed by atoms with E-state index in [-0.39, 0.29) is 11.8 Å². The van der Waals surface area contributed by atoms with Crippen molar-refractivity contribution in [1.82, 2.24) is 5.01 Å². The van der Waals surface area contributed by atoms with Crippen LogP contribution in [-0.4, -0.2) is 36.1 Å². The fraction of sp³-hybridized carbons (Fsp3) is 0.438. The van der Waals surface area contributed by atoms with Gasteiger partial charge in [0, 0.05) is 32.1 Å². The molecule has 3 rings (SSSR count). The Morgan fingerprint density at radius 1 is 1.24 bits per heavy atom. The second kappa shape index (κ2) is 5.31. The van der Waals surface area contributed by atoms with Crippen molar-refractivity contribution in [3.8, 4) is 0 Å². The van der Waals surface area contributed by atoms with Crippen molar-refractivity contribution < 1.29 is 9.59 Å². The van der Waals surface area contributed by atoms with E-state index in [1.165, 1.54) is 16.1 Å². The maximum Gasteiger partial charge on any atom is 0.274 e. The first-order valence-electron chi connectivity index (χ1n) is 7.31. The number of aryl methyl sites for hydroxylation is 2.